The maximum absolute atomic E-state index is 13.6. The fourth-order valence-electron chi connectivity index (χ4n) is 2.06. The largest absolute Gasteiger partial charge is 0.460 e. The molecule has 0 rings (SSSR count). The zero-order valence-corrected chi connectivity index (χ0v) is 15.4. The van der Waals surface area contributed by atoms with E-state index in [9.17, 15) is 74.6 Å². The van der Waals surface area contributed by atoms with Gasteiger partial charge in [-0.05, 0) is 0 Å². The molecule has 0 fully saturated rings. The van der Waals surface area contributed by atoms with Crippen LogP contribution >= 0.6 is 0 Å². The molecule has 0 spiro atoms. The van der Waals surface area contributed by atoms with Gasteiger partial charge in [0.05, 0.1) is 6.10 Å². The lowest BCUT2D eigenvalue weighted by molar-refractivity contribution is -0.462. The molecule has 0 aliphatic rings. The molecule has 0 aliphatic heterocycles. The molecule has 0 bridgehead atoms. The molecule has 0 aromatic heterocycles. The Morgan fingerprint density at radius 3 is 1.24 bits per heavy atom. The Morgan fingerprint density at radius 2 is 0.909 bits per heavy atom. The molecule has 3 nitrogen and oxygen atoms in total. The SMILES string of the molecule is NCCNCC(O)CC(F)(F)C(F)(F)C(F)(F)C(F)(F)C(F)(F)C(F)(F)C(F)(F)C(F)(F)F. The summed E-state index contributed by atoms with van der Waals surface area (Å²) in [5, 5.41) is 11.0. The van der Waals surface area contributed by atoms with Crippen molar-refractivity contribution in [3.05, 3.63) is 0 Å². The topological polar surface area (TPSA) is 58.3 Å². The molecular weight excluding hydrogens is 523 g/mol. The van der Waals surface area contributed by atoms with Crippen molar-refractivity contribution in [1.29, 1.82) is 0 Å². The van der Waals surface area contributed by atoms with E-state index in [2.05, 4.69) is 0 Å². The Kier molecular flexibility index (Phi) is 8.69. The Labute approximate surface area is 172 Å². The molecule has 1 atom stereocenters. The Balaban J connectivity index is 6.37. The summed E-state index contributed by atoms with van der Waals surface area (Å²) in [5.41, 5.74) is 4.90. The lowest BCUT2D eigenvalue weighted by atomic mass is 9.87. The van der Waals surface area contributed by atoms with Crippen LogP contribution in [0, 0.1) is 0 Å². The van der Waals surface area contributed by atoms with Crippen molar-refractivity contribution >= 4 is 0 Å². The first kappa shape index (κ1) is 31.7. The van der Waals surface area contributed by atoms with E-state index in [1.807, 2.05) is 5.32 Å². The van der Waals surface area contributed by atoms with Gasteiger partial charge in [-0.2, -0.15) is 74.6 Å². The highest BCUT2D eigenvalue weighted by molar-refractivity contribution is 5.15. The van der Waals surface area contributed by atoms with Crippen molar-refractivity contribution in [2.45, 2.75) is 60.2 Å². The Hall–Kier alpha value is -1.31. The molecule has 0 amide bonds. The van der Waals surface area contributed by atoms with E-state index < -0.39 is 66.7 Å². The molecule has 0 saturated carbocycles. The van der Waals surface area contributed by atoms with Crippen LogP contribution < -0.4 is 11.1 Å². The van der Waals surface area contributed by atoms with Gasteiger partial charge >= 0.3 is 47.6 Å². The molecule has 0 aromatic carbocycles. The van der Waals surface area contributed by atoms with Gasteiger partial charge in [-0.25, -0.2) is 0 Å². The number of aliphatic hydroxyl groups excluding tert-OH is 1. The summed E-state index contributed by atoms with van der Waals surface area (Å²) in [6.07, 6.45) is -13.5. The molecule has 1 unspecified atom stereocenters. The van der Waals surface area contributed by atoms with Crippen LogP contribution in [0.25, 0.3) is 0 Å². The zero-order valence-electron chi connectivity index (χ0n) is 15.4. The van der Waals surface area contributed by atoms with Crippen LogP contribution in [0.3, 0.4) is 0 Å². The average Bonchev–Trinajstić information content (AvgIpc) is 2.59. The van der Waals surface area contributed by atoms with Gasteiger partial charge in [-0.1, -0.05) is 0 Å². The highest BCUT2D eigenvalue weighted by atomic mass is 19.4. The Morgan fingerprint density at radius 1 is 0.576 bits per heavy atom. The van der Waals surface area contributed by atoms with Gasteiger partial charge in [-0.3, -0.25) is 0 Å². The van der Waals surface area contributed by atoms with Crippen LogP contribution in [0.15, 0.2) is 0 Å². The van der Waals surface area contributed by atoms with Crippen LogP contribution in [-0.2, 0) is 0 Å². The number of hydrogen-bond acceptors (Lipinski definition) is 3. The first-order chi connectivity index (χ1) is 14.2. The second-order valence-corrected chi connectivity index (χ2v) is 6.50. The van der Waals surface area contributed by atoms with E-state index >= 15 is 0 Å². The van der Waals surface area contributed by atoms with Gasteiger partial charge in [0, 0.05) is 26.1 Å². The maximum atomic E-state index is 13.6. The van der Waals surface area contributed by atoms with E-state index in [0.717, 1.165) is 0 Å². The van der Waals surface area contributed by atoms with E-state index in [4.69, 9.17) is 10.8 Å². The number of rotatable bonds is 12. The third-order valence-corrected chi connectivity index (χ3v) is 3.98. The van der Waals surface area contributed by atoms with E-state index in [0.29, 0.717) is 0 Å². The summed E-state index contributed by atoms with van der Waals surface area (Å²) in [4.78, 5) is 0. The summed E-state index contributed by atoms with van der Waals surface area (Å²) < 4.78 is 222. The first-order valence-electron chi connectivity index (χ1n) is 8.01. The van der Waals surface area contributed by atoms with Gasteiger partial charge in [0.2, 0.25) is 0 Å². The minimum Gasteiger partial charge on any atom is -0.392 e. The van der Waals surface area contributed by atoms with Crippen LogP contribution in [0.5, 0.6) is 0 Å². The quantitative estimate of drug-likeness (QED) is 0.258. The smallest absolute Gasteiger partial charge is 0.392 e. The summed E-state index contributed by atoms with van der Waals surface area (Å²) in [7, 11) is 0. The summed E-state index contributed by atoms with van der Waals surface area (Å²) in [6, 6.07) is 0. The van der Waals surface area contributed by atoms with E-state index in [-0.39, 0.29) is 13.1 Å². The molecule has 0 heterocycles. The highest BCUT2D eigenvalue weighted by Crippen LogP contribution is 2.64. The van der Waals surface area contributed by atoms with Crippen molar-refractivity contribution in [2.24, 2.45) is 5.73 Å². The van der Waals surface area contributed by atoms with Crippen molar-refractivity contribution in [3.8, 4) is 0 Å². The van der Waals surface area contributed by atoms with Crippen molar-refractivity contribution in [3.63, 3.8) is 0 Å². The molecular formula is C13H13F17N2O. The van der Waals surface area contributed by atoms with E-state index in [1.54, 1.807) is 0 Å². The normalized spacial score (nSPS) is 16.8. The van der Waals surface area contributed by atoms with Crippen molar-refractivity contribution in [1.82, 2.24) is 5.32 Å². The highest BCUT2D eigenvalue weighted by Gasteiger charge is 2.95. The molecule has 4 N–H and O–H groups in total. The summed E-state index contributed by atoms with van der Waals surface area (Å²) in [6.45, 7) is -1.70. The molecule has 20 heteroatoms. The van der Waals surface area contributed by atoms with Crippen LogP contribution in [0.1, 0.15) is 6.42 Å². The number of nitrogens with one attached hydrogen (secondary N) is 1. The second kappa shape index (κ2) is 9.04. The lowest BCUT2D eigenvalue weighted by Crippen LogP contribution is -2.74. The second-order valence-electron chi connectivity index (χ2n) is 6.50. The molecule has 0 aromatic rings. The molecule has 0 radical (unpaired) electrons. The van der Waals surface area contributed by atoms with Gasteiger partial charge in [0.25, 0.3) is 0 Å². The number of halogens is 17. The van der Waals surface area contributed by atoms with Crippen molar-refractivity contribution in [2.75, 3.05) is 19.6 Å². The number of aliphatic hydroxyl groups is 1. The maximum Gasteiger partial charge on any atom is 0.460 e. The molecule has 200 valence electrons. The van der Waals surface area contributed by atoms with Crippen molar-refractivity contribution < 1.29 is 79.7 Å². The minimum atomic E-state index is -8.66. The summed E-state index contributed by atoms with van der Waals surface area (Å²) >= 11 is 0. The number of nitrogens with two attached hydrogens (primary N) is 1. The van der Waals surface area contributed by atoms with Gasteiger partial charge in [-0.15, -0.1) is 0 Å². The predicted octanol–water partition coefficient (Wildman–Crippen LogP) is 4.30. The predicted molar refractivity (Wildman–Crippen MR) is 73.2 cm³/mol. The van der Waals surface area contributed by atoms with Crippen LogP contribution in [0.2, 0.25) is 0 Å². The molecule has 33 heavy (non-hydrogen) atoms. The Bertz CT molecular complexity index is 660. The molecule has 0 aliphatic carbocycles. The van der Waals surface area contributed by atoms with Gasteiger partial charge in [0.15, 0.2) is 0 Å². The fourth-order valence-corrected chi connectivity index (χ4v) is 2.06. The fraction of sp³-hybridized carbons (Fsp3) is 1.00. The third-order valence-electron chi connectivity index (χ3n) is 3.98. The zero-order chi connectivity index (χ0) is 27.1. The first-order valence-corrected chi connectivity index (χ1v) is 8.01. The van der Waals surface area contributed by atoms with Crippen LogP contribution in [0.4, 0.5) is 74.6 Å². The number of alkyl halides is 17. The molecule has 0 saturated heterocycles. The van der Waals surface area contributed by atoms with Gasteiger partial charge in [0.1, 0.15) is 0 Å². The monoisotopic (exact) mass is 536 g/mol. The number of hydrogen-bond donors (Lipinski definition) is 3. The van der Waals surface area contributed by atoms with E-state index in [1.165, 1.54) is 0 Å². The van der Waals surface area contributed by atoms with Crippen LogP contribution in [-0.4, -0.2) is 78.5 Å². The average molecular weight is 536 g/mol. The van der Waals surface area contributed by atoms with Gasteiger partial charge < -0.3 is 16.2 Å². The minimum absolute atomic E-state index is 0.255. The lowest BCUT2D eigenvalue weighted by Gasteiger charge is -2.43. The third kappa shape index (κ3) is 4.92. The summed E-state index contributed by atoms with van der Waals surface area (Å²) in [5.74, 6) is -56.8. The standard InChI is InChI=1S/C13H13F17N2O/c14-6(15,3-5(33)4-32-2-1-31)7(16,17)8(18,19)9(20,21)10(22,23)11(24,25)12(26,27)13(28,29)30/h5,32-33H,1-4,31H2.